The molecule has 0 amide bonds. The van der Waals surface area contributed by atoms with Gasteiger partial charge in [-0.25, -0.2) is 0 Å². The van der Waals surface area contributed by atoms with Crippen LogP contribution in [0.1, 0.15) is 41.9 Å². The third-order valence-electron chi connectivity index (χ3n) is 5.39. The van der Waals surface area contributed by atoms with Crippen LogP contribution in [0, 0.1) is 18.3 Å². The minimum atomic E-state index is 0.287. The van der Waals surface area contributed by atoms with E-state index in [1.807, 2.05) is 17.7 Å². The number of morpholine rings is 1. The predicted molar refractivity (Wildman–Crippen MR) is 107 cm³/mol. The molecular weight excluding hydrogens is 336 g/mol. The highest BCUT2D eigenvalue weighted by molar-refractivity contribution is 5.34. The first-order valence-electron chi connectivity index (χ1n) is 9.68. The number of nitrogens with zero attached hydrogens (tertiary/aromatic N) is 3. The van der Waals surface area contributed by atoms with E-state index >= 15 is 0 Å². The molecule has 27 heavy (non-hydrogen) atoms. The largest absolute Gasteiger partial charge is 0.373 e. The number of hydrogen-bond donors (Lipinski definition) is 1. The van der Waals surface area contributed by atoms with Crippen molar-refractivity contribution in [1.29, 1.82) is 5.26 Å². The zero-order chi connectivity index (χ0) is 19.4. The Morgan fingerprint density at radius 2 is 1.74 bits per heavy atom. The third-order valence-corrected chi connectivity index (χ3v) is 5.39. The SMILES string of the molecule is Cc1c(CNCc2ccccc2CN2C[C@H](C)O[C@@H](C)C2)cc(C#N)n1C. The second-order valence-corrected chi connectivity index (χ2v) is 7.63. The summed E-state index contributed by atoms with van der Waals surface area (Å²) in [5.74, 6) is 0. The summed E-state index contributed by atoms with van der Waals surface area (Å²) in [5.41, 5.74) is 5.73. The molecule has 5 heteroatoms. The number of benzene rings is 1. The molecule has 1 aromatic carbocycles. The van der Waals surface area contributed by atoms with Gasteiger partial charge in [-0.1, -0.05) is 24.3 Å². The van der Waals surface area contributed by atoms with Crippen molar-refractivity contribution in [2.24, 2.45) is 7.05 Å². The van der Waals surface area contributed by atoms with E-state index in [9.17, 15) is 5.26 Å². The first kappa shape index (κ1) is 19.6. The Hall–Kier alpha value is -2.13. The zero-order valence-electron chi connectivity index (χ0n) is 16.8. The second-order valence-electron chi connectivity index (χ2n) is 7.63. The Kier molecular flexibility index (Phi) is 6.33. The molecule has 1 saturated heterocycles. The second kappa shape index (κ2) is 8.71. The quantitative estimate of drug-likeness (QED) is 0.853. The van der Waals surface area contributed by atoms with E-state index in [-0.39, 0.29) is 12.2 Å². The van der Waals surface area contributed by atoms with Gasteiger partial charge in [0.1, 0.15) is 11.8 Å². The van der Waals surface area contributed by atoms with Crippen LogP contribution in [-0.4, -0.2) is 34.8 Å². The van der Waals surface area contributed by atoms with Crippen LogP contribution in [0.4, 0.5) is 0 Å². The molecule has 1 aliphatic heterocycles. The van der Waals surface area contributed by atoms with Gasteiger partial charge in [0.15, 0.2) is 0 Å². The highest BCUT2D eigenvalue weighted by Gasteiger charge is 2.22. The fourth-order valence-corrected chi connectivity index (χ4v) is 3.92. The van der Waals surface area contributed by atoms with Crippen molar-refractivity contribution < 1.29 is 4.74 Å². The lowest BCUT2D eigenvalue weighted by molar-refractivity contribution is -0.0705. The maximum Gasteiger partial charge on any atom is 0.120 e. The molecule has 0 spiro atoms. The average molecular weight is 367 g/mol. The van der Waals surface area contributed by atoms with Gasteiger partial charge in [-0.05, 0) is 43.5 Å². The first-order chi connectivity index (χ1) is 13.0. The molecule has 3 rings (SSSR count). The van der Waals surface area contributed by atoms with E-state index in [1.165, 1.54) is 16.7 Å². The lowest BCUT2D eigenvalue weighted by Gasteiger charge is -2.35. The smallest absolute Gasteiger partial charge is 0.120 e. The Labute approximate surface area is 162 Å². The normalized spacial score (nSPS) is 20.6. The van der Waals surface area contributed by atoms with E-state index in [0.717, 1.165) is 38.4 Å². The van der Waals surface area contributed by atoms with Crippen molar-refractivity contribution in [3.63, 3.8) is 0 Å². The Morgan fingerprint density at radius 1 is 1.11 bits per heavy atom. The summed E-state index contributed by atoms with van der Waals surface area (Å²) >= 11 is 0. The summed E-state index contributed by atoms with van der Waals surface area (Å²) in [6.07, 6.45) is 0.573. The highest BCUT2D eigenvalue weighted by atomic mass is 16.5. The Balaban J connectivity index is 1.62. The van der Waals surface area contributed by atoms with Crippen molar-refractivity contribution in [2.45, 2.75) is 52.6 Å². The van der Waals surface area contributed by atoms with Crippen LogP contribution in [-0.2, 0) is 31.4 Å². The fourth-order valence-electron chi connectivity index (χ4n) is 3.92. The van der Waals surface area contributed by atoms with Crippen LogP contribution >= 0.6 is 0 Å². The highest BCUT2D eigenvalue weighted by Crippen LogP contribution is 2.18. The van der Waals surface area contributed by atoms with Gasteiger partial charge in [0.05, 0.1) is 12.2 Å². The summed E-state index contributed by atoms with van der Waals surface area (Å²) in [4.78, 5) is 2.48. The molecule has 1 N–H and O–H groups in total. The summed E-state index contributed by atoms with van der Waals surface area (Å²) in [6, 6.07) is 12.9. The lowest BCUT2D eigenvalue weighted by atomic mass is 10.1. The molecule has 2 heterocycles. The van der Waals surface area contributed by atoms with E-state index in [0.29, 0.717) is 5.69 Å². The lowest BCUT2D eigenvalue weighted by Crippen LogP contribution is -2.45. The topological polar surface area (TPSA) is 53.2 Å². The summed E-state index contributed by atoms with van der Waals surface area (Å²) in [6.45, 7) is 10.9. The molecule has 1 aliphatic rings. The zero-order valence-corrected chi connectivity index (χ0v) is 16.8. The molecule has 0 unspecified atom stereocenters. The molecule has 144 valence electrons. The predicted octanol–water partition coefficient (Wildman–Crippen LogP) is 3.10. The molecule has 1 fully saturated rings. The summed E-state index contributed by atoms with van der Waals surface area (Å²) in [7, 11) is 1.94. The number of rotatable bonds is 6. The van der Waals surface area contributed by atoms with Crippen LogP contribution in [0.3, 0.4) is 0 Å². The van der Waals surface area contributed by atoms with E-state index < -0.39 is 0 Å². The van der Waals surface area contributed by atoms with Crippen LogP contribution in [0.2, 0.25) is 0 Å². The van der Waals surface area contributed by atoms with Gasteiger partial charge in [-0.15, -0.1) is 0 Å². The molecule has 2 aromatic rings. The molecule has 0 radical (unpaired) electrons. The number of ether oxygens (including phenoxy) is 1. The molecule has 5 nitrogen and oxygen atoms in total. The molecule has 0 aliphatic carbocycles. The Morgan fingerprint density at radius 3 is 2.37 bits per heavy atom. The van der Waals surface area contributed by atoms with Crippen LogP contribution in [0.25, 0.3) is 0 Å². The van der Waals surface area contributed by atoms with E-state index in [1.54, 1.807) is 0 Å². The van der Waals surface area contributed by atoms with E-state index in [2.05, 4.69) is 61.3 Å². The van der Waals surface area contributed by atoms with E-state index in [4.69, 9.17) is 4.74 Å². The van der Waals surface area contributed by atoms with Crippen molar-refractivity contribution in [2.75, 3.05) is 13.1 Å². The molecule has 2 atom stereocenters. The molecular formula is C22H30N4O. The molecule has 0 bridgehead atoms. The maximum atomic E-state index is 9.18. The number of nitrogens with one attached hydrogen (secondary N) is 1. The van der Waals surface area contributed by atoms with Gasteiger partial charge in [-0.2, -0.15) is 5.26 Å². The monoisotopic (exact) mass is 366 g/mol. The average Bonchev–Trinajstić information content (AvgIpc) is 2.90. The van der Waals surface area contributed by atoms with Gasteiger partial charge in [-0.3, -0.25) is 4.90 Å². The first-order valence-corrected chi connectivity index (χ1v) is 9.68. The molecule has 0 saturated carbocycles. The maximum absolute atomic E-state index is 9.18. The summed E-state index contributed by atoms with van der Waals surface area (Å²) < 4.78 is 7.80. The van der Waals surface area contributed by atoms with Crippen molar-refractivity contribution in [1.82, 2.24) is 14.8 Å². The standard InChI is InChI=1S/C22H30N4O/c1-16-13-26(14-17(2)27-16)15-20-8-6-5-7-19(20)11-24-12-21-9-22(10-23)25(4)18(21)3/h5-9,16-17,24H,11-15H2,1-4H3/t16-,17-/m0/s1. The Bertz CT molecular complexity index is 810. The van der Waals surface area contributed by atoms with Gasteiger partial charge in [0.2, 0.25) is 0 Å². The van der Waals surface area contributed by atoms with Crippen LogP contribution in [0.15, 0.2) is 30.3 Å². The van der Waals surface area contributed by atoms with Crippen molar-refractivity contribution in [3.05, 3.63) is 58.4 Å². The minimum absolute atomic E-state index is 0.287. The van der Waals surface area contributed by atoms with Gasteiger partial charge < -0.3 is 14.6 Å². The number of hydrogen-bond acceptors (Lipinski definition) is 4. The summed E-state index contributed by atoms with van der Waals surface area (Å²) in [5, 5.41) is 12.7. The minimum Gasteiger partial charge on any atom is -0.373 e. The van der Waals surface area contributed by atoms with Crippen molar-refractivity contribution >= 4 is 0 Å². The van der Waals surface area contributed by atoms with Crippen LogP contribution < -0.4 is 5.32 Å². The van der Waals surface area contributed by atoms with Crippen molar-refractivity contribution in [3.8, 4) is 6.07 Å². The third kappa shape index (κ3) is 4.78. The van der Waals surface area contributed by atoms with Crippen LogP contribution in [0.5, 0.6) is 0 Å². The number of nitriles is 1. The number of aromatic nitrogens is 1. The fraction of sp³-hybridized carbons (Fsp3) is 0.500. The molecule has 1 aromatic heterocycles. The van der Waals surface area contributed by atoms with Gasteiger partial charge in [0.25, 0.3) is 0 Å². The van der Waals surface area contributed by atoms with Gasteiger partial charge >= 0.3 is 0 Å². The van der Waals surface area contributed by atoms with Gasteiger partial charge in [0, 0.05) is 45.5 Å².